The number of rotatable bonds is 1. The average Bonchev–Trinajstić information content (AvgIpc) is 2.49. The normalized spacial score (nSPS) is 28.8. The summed E-state index contributed by atoms with van der Waals surface area (Å²) in [6.45, 7) is 2.17. The van der Waals surface area contributed by atoms with Gasteiger partial charge in [-0.3, -0.25) is 0 Å². The van der Waals surface area contributed by atoms with Gasteiger partial charge in [0.25, 0.3) is 0 Å². The molecule has 0 N–H and O–H groups in total. The molecule has 0 aromatic heterocycles. The maximum absolute atomic E-state index is 5.56. The molecule has 0 amide bonds. The molecule has 1 aromatic rings. The fraction of sp³-hybridized carbons (Fsp3) is 0.400. The Balaban J connectivity index is 2.19. The quantitative estimate of drug-likeness (QED) is 0.599. The first-order chi connectivity index (χ1) is 6.29. The van der Waals surface area contributed by atoms with Crippen LogP contribution < -0.4 is 0 Å². The molecule has 1 saturated heterocycles. The first kappa shape index (κ1) is 8.79. The fourth-order valence-electron chi connectivity index (χ4n) is 1.58. The topological polar surface area (TPSA) is 12.5 Å². The van der Waals surface area contributed by atoms with E-state index in [-0.39, 0.29) is 6.10 Å². The Labute approximate surface area is 79.8 Å². The zero-order chi connectivity index (χ0) is 9.26. The lowest BCUT2D eigenvalue weighted by Gasteiger charge is -2.19. The van der Waals surface area contributed by atoms with Crippen molar-refractivity contribution in [2.45, 2.75) is 19.1 Å². The Kier molecular flexibility index (Phi) is 2.38. The highest BCUT2D eigenvalue weighted by Crippen LogP contribution is 2.28. The SMILES string of the molecule is C[C@H]1[C@H](c2ccccc2)O[B]N1C. The molecular formula is C10H13BNO. The van der Waals surface area contributed by atoms with Crippen LogP contribution in [0.3, 0.4) is 0 Å². The summed E-state index contributed by atoms with van der Waals surface area (Å²) in [6, 6.07) is 10.7. The van der Waals surface area contributed by atoms with Crippen LogP contribution in [0.2, 0.25) is 0 Å². The van der Waals surface area contributed by atoms with Gasteiger partial charge in [0.1, 0.15) is 0 Å². The third-order valence-corrected chi connectivity index (χ3v) is 2.58. The van der Waals surface area contributed by atoms with Gasteiger partial charge in [0, 0.05) is 6.04 Å². The second-order valence-electron chi connectivity index (χ2n) is 3.48. The summed E-state index contributed by atoms with van der Waals surface area (Å²) < 4.78 is 5.56. The molecule has 0 unspecified atom stereocenters. The number of benzene rings is 1. The van der Waals surface area contributed by atoms with Crippen molar-refractivity contribution in [1.82, 2.24) is 4.81 Å². The van der Waals surface area contributed by atoms with Crippen molar-refractivity contribution in [3.05, 3.63) is 35.9 Å². The highest BCUT2D eigenvalue weighted by Gasteiger charge is 2.31. The van der Waals surface area contributed by atoms with Crippen molar-refractivity contribution in [3.8, 4) is 0 Å². The highest BCUT2D eigenvalue weighted by atomic mass is 16.5. The molecule has 1 aromatic carbocycles. The largest absolute Gasteiger partial charge is 0.415 e. The smallest absolute Gasteiger partial charge is 0.399 e. The minimum Gasteiger partial charge on any atom is -0.415 e. The summed E-state index contributed by atoms with van der Waals surface area (Å²) in [5.74, 6) is 0. The van der Waals surface area contributed by atoms with Gasteiger partial charge >= 0.3 is 7.62 Å². The van der Waals surface area contributed by atoms with Crippen molar-refractivity contribution < 1.29 is 4.65 Å². The van der Waals surface area contributed by atoms with Gasteiger partial charge < -0.3 is 9.47 Å². The summed E-state index contributed by atoms with van der Waals surface area (Å²) in [6.07, 6.45) is 0.186. The van der Waals surface area contributed by atoms with E-state index in [9.17, 15) is 0 Å². The predicted molar refractivity (Wildman–Crippen MR) is 53.2 cm³/mol. The summed E-state index contributed by atoms with van der Waals surface area (Å²) in [4.78, 5) is 2.09. The van der Waals surface area contributed by atoms with Crippen LogP contribution in [-0.2, 0) is 4.65 Å². The average molecular weight is 174 g/mol. The molecule has 1 radical (unpaired) electrons. The van der Waals surface area contributed by atoms with E-state index in [1.807, 2.05) is 25.2 Å². The molecule has 2 rings (SSSR count). The maximum Gasteiger partial charge on any atom is 0.399 e. The Morgan fingerprint density at radius 1 is 1.31 bits per heavy atom. The van der Waals surface area contributed by atoms with E-state index in [1.165, 1.54) is 5.56 Å². The molecule has 0 bridgehead atoms. The first-order valence-electron chi connectivity index (χ1n) is 4.55. The van der Waals surface area contributed by atoms with E-state index in [4.69, 9.17) is 4.65 Å². The fourth-order valence-corrected chi connectivity index (χ4v) is 1.58. The third kappa shape index (κ3) is 1.62. The molecule has 67 valence electrons. The van der Waals surface area contributed by atoms with Gasteiger partial charge in [0.2, 0.25) is 0 Å². The molecule has 1 fully saturated rings. The lowest BCUT2D eigenvalue weighted by atomic mass is 10.0. The minimum absolute atomic E-state index is 0.186. The number of likely N-dealkylation sites (N-methyl/N-ethyl adjacent to an activating group) is 1. The molecule has 1 aliphatic rings. The Morgan fingerprint density at radius 3 is 2.54 bits per heavy atom. The van der Waals surface area contributed by atoms with Crippen molar-refractivity contribution >= 4 is 7.62 Å². The molecule has 1 heterocycles. The van der Waals surface area contributed by atoms with Gasteiger partial charge in [-0.15, -0.1) is 0 Å². The number of hydrogen-bond donors (Lipinski definition) is 0. The zero-order valence-electron chi connectivity index (χ0n) is 7.97. The van der Waals surface area contributed by atoms with Gasteiger partial charge in [-0.1, -0.05) is 30.3 Å². The monoisotopic (exact) mass is 174 g/mol. The lowest BCUT2D eigenvalue weighted by molar-refractivity contribution is 0.213. The minimum atomic E-state index is 0.186. The maximum atomic E-state index is 5.56. The predicted octanol–water partition coefficient (Wildman–Crippen LogP) is 1.61. The van der Waals surface area contributed by atoms with Gasteiger partial charge in [0.05, 0.1) is 6.10 Å². The molecule has 0 spiro atoms. The van der Waals surface area contributed by atoms with Crippen LogP contribution >= 0.6 is 0 Å². The highest BCUT2D eigenvalue weighted by molar-refractivity contribution is 6.24. The molecule has 3 heteroatoms. The van der Waals surface area contributed by atoms with Gasteiger partial charge in [0.15, 0.2) is 0 Å². The van der Waals surface area contributed by atoms with E-state index < -0.39 is 0 Å². The van der Waals surface area contributed by atoms with E-state index in [0.29, 0.717) is 6.04 Å². The Morgan fingerprint density at radius 2 is 2.00 bits per heavy atom. The number of nitrogens with zero attached hydrogens (tertiary/aromatic N) is 1. The number of hydrogen-bond acceptors (Lipinski definition) is 2. The van der Waals surface area contributed by atoms with E-state index in [1.54, 1.807) is 7.62 Å². The molecular weight excluding hydrogens is 161 g/mol. The van der Waals surface area contributed by atoms with Gasteiger partial charge in [-0.05, 0) is 19.5 Å². The van der Waals surface area contributed by atoms with Crippen LogP contribution in [0.4, 0.5) is 0 Å². The van der Waals surface area contributed by atoms with Crippen molar-refractivity contribution in [3.63, 3.8) is 0 Å². The Bertz CT molecular complexity index is 278. The molecule has 2 nitrogen and oxygen atoms in total. The van der Waals surface area contributed by atoms with Crippen LogP contribution in [0.1, 0.15) is 18.6 Å². The Hall–Kier alpha value is -0.795. The van der Waals surface area contributed by atoms with E-state index >= 15 is 0 Å². The van der Waals surface area contributed by atoms with Crippen LogP contribution in [0, 0.1) is 0 Å². The second-order valence-corrected chi connectivity index (χ2v) is 3.48. The lowest BCUT2D eigenvalue weighted by Crippen LogP contribution is -2.26. The molecule has 2 atom stereocenters. The van der Waals surface area contributed by atoms with Crippen LogP contribution in [-0.4, -0.2) is 25.5 Å². The first-order valence-corrected chi connectivity index (χ1v) is 4.55. The molecule has 0 saturated carbocycles. The van der Waals surface area contributed by atoms with Gasteiger partial charge in [-0.25, -0.2) is 0 Å². The van der Waals surface area contributed by atoms with Crippen LogP contribution in [0.5, 0.6) is 0 Å². The van der Waals surface area contributed by atoms with Crippen molar-refractivity contribution in [1.29, 1.82) is 0 Å². The van der Waals surface area contributed by atoms with Gasteiger partial charge in [-0.2, -0.15) is 0 Å². The van der Waals surface area contributed by atoms with E-state index in [0.717, 1.165) is 0 Å². The van der Waals surface area contributed by atoms with Crippen LogP contribution in [0.25, 0.3) is 0 Å². The van der Waals surface area contributed by atoms with Crippen molar-refractivity contribution in [2.75, 3.05) is 7.05 Å². The summed E-state index contributed by atoms with van der Waals surface area (Å²) in [5.41, 5.74) is 1.25. The van der Waals surface area contributed by atoms with E-state index in [2.05, 4.69) is 23.9 Å². The third-order valence-electron chi connectivity index (χ3n) is 2.58. The molecule has 13 heavy (non-hydrogen) atoms. The standard InChI is InChI=1S/C10H13BNO/c1-8-10(13-11-12(8)2)9-6-4-3-5-7-9/h3-8,10H,1-2H3/t8-,10+/m0/s1. The summed E-state index contributed by atoms with van der Waals surface area (Å²) >= 11 is 0. The van der Waals surface area contributed by atoms with Crippen LogP contribution in [0.15, 0.2) is 30.3 Å². The molecule has 1 aliphatic heterocycles. The summed E-state index contributed by atoms with van der Waals surface area (Å²) in [7, 11) is 3.83. The molecule has 0 aliphatic carbocycles. The second kappa shape index (κ2) is 3.52. The zero-order valence-corrected chi connectivity index (χ0v) is 7.97. The summed E-state index contributed by atoms with van der Waals surface area (Å²) in [5, 5.41) is 0. The van der Waals surface area contributed by atoms with Crippen molar-refractivity contribution in [2.24, 2.45) is 0 Å².